The largest absolute Gasteiger partial charge is 0.498 e. The van der Waals surface area contributed by atoms with Crippen molar-refractivity contribution in [1.82, 2.24) is 0 Å². The highest BCUT2D eigenvalue weighted by atomic mass is 16.6. The van der Waals surface area contributed by atoms with Gasteiger partial charge in [-0.05, 0) is 87.2 Å². The van der Waals surface area contributed by atoms with Gasteiger partial charge in [-0.3, -0.25) is 9.59 Å². The molecule has 4 aliphatic rings. The quantitative estimate of drug-likeness (QED) is 0.595. The molecule has 4 rings (SSSR count). The molecule has 2 saturated carbocycles. The predicted octanol–water partition coefficient (Wildman–Crippen LogP) is 5.37. The smallest absolute Gasteiger partial charge is 0.303 e. The van der Waals surface area contributed by atoms with Gasteiger partial charge in [-0.2, -0.15) is 0 Å². The van der Waals surface area contributed by atoms with E-state index in [9.17, 15) is 9.59 Å². The lowest BCUT2D eigenvalue weighted by molar-refractivity contribution is -0.186. The molecule has 160 valence electrons. The number of rotatable bonds is 4. The van der Waals surface area contributed by atoms with Gasteiger partial charge in [0.1, 0.15) is 0 Å². The van der Waals surface area contributed by atoms with Crippen LogP contribution in [-0.4, -0.2) is 24.0 Å². The fourth-order valence-electron chi connectivity index (χ4n) is 7.66. The summed E-state index contributed by atoms with van der Waals surface area (Å²) in [6.07, 6.45) is 11.6. The average Bonchev–Trinajstić information content (AvgIpc) is 2.95. The molecule has 0 N–H and O–H groups in total. The van der Waals surface area contributed by atoms with Crippen LogP contribution in [0.5, 0.6) is 0 Å². The van der Waals surface area contributed by atoms with Crippen LogP contribution in [0.4, 0.5) is 0 Å². The van der Waals surface area contributed by atoms with Gasteiger partial charge in [0.2, 0.25) is 0 Å². The molecule has 0 radical (unpaired) electrons. The first kappa shape index (κ1) is 20.7. The van der Waals surface area contributed by atoms with Gasteiger partial charge in [0.05, 0.1) is 12.4 Å². The normalized spacial score (nSPS) is 43.3. The van der Waals surface area contributed by atoms with Crippen LogP contribution in [0, 0.1) is 28.6 Å². The first-order chi connectivity index (χ1) is 13.7. The van der Waals surface area contributed by atoms with E-state index in [0.29, 0.717) is 24.2 Å². The van der Waals surface area contributed by atoms with Crippen molar-refractivity contribution in [1.29, 1.82) is 0 Å². The van der Waals surface area contributed by atoms with Gasteiger partial charge < -0.3 is 9.47 Å². The molecule has 4 heteroatoms. The lowest BCUT2D eigenvalue weighted by atomic mass is 9.47. The number of allylic oxidation sites excluding steroid dienone is 4. The van der Waals surface area contributed by atoms with Crippen LogP contribution in [0.2, 0.25) is 0 Å². The Kier molecular flexibility index (Phi) is 4.99. The lowest BCUT2D eigenvalue weighted by Crippen LogP contribution is -2.58. The SMILES string of the molecule is CCOC1=CC2=CCC3C(CCC4(C)C3CC[C@]4(OC(C)=O)C(C)=O)C2(C)CC1. The Balaban J connectivity index is 1.68. The molecule has 2 fully saturated rings. The maximum atomic E-state index is 12.8. The van der Waals surface area contributed by atoms with Crippen molar-refractivity contribution in [3.8, 4) is 0 Å². The molecular formula is C25H36O4. The number of hydrogen-bond donors (Lipinski definition) is 0. The number of fused-ring (bicyclic) bond motifs is 5. The second-order valence-corrected chi connectivity index (χ2v) is 10.2. The summed E-state index contributed by atoms with van der Waals surface area (Å²) in [4.78, 5) is 24.7. The van der Waals surface area contributed by atoms with Gasteiger partial charge in [0.15, 0.2) is 11.4 Å². The molecule has 0 saturated heterocycles. The first-order valence-electron chi connectivity index (χ1n) is 11.4. The molecule has 0 aromatic heterocycles. The number of ketones is 1. The Morgan fingerprint density at radius 2 is 1.83 bits per heavy atom. The molecule has 29 heavy (non-hydrogen) atoms. The molecule has 5 unspecified atom stereocenters. The fourth-order valence-corrected chi connectivity index (χ4v) is 7.66. The molecule has 4 aliphatic carbocycles. The van der Waals surface area contributed by atoms with Crippen LogP contribution >= 0.6 is 0 Å². The van der Waals surface area contributed by atoms with E-state index in [2.05, 4.69) is 26.0 Å². The second kappa shape index (κ2) is 6.99. The van der Waals surface area contributed by atoms with E-state index < -0.39 is 5.60 Å². The Labute approximate surface area is 175 Å². The Hall–Kier alpha value is -1.58. The third kappa shape index (κ3) is 2.84. The number of hydrogen-bond acceptors (Lipinski definition) is 4. The van der Waals surface area contributed by atoms with Crippen molar-refractivity contribution in [2.45, 2.75) is 85.2 Å². The van der Waals surface area contributed by atoms with E-state index >= 15 is 0 Å². The average molecular weight is 401 g/mol. The van der Waals surface area contributed by atoms with Gasteiger partial charge in [-0.1, -0.05) is 19.9 Å². The van der Waals surface area contributed by atoms with E-state index in [1.165, 1.54) is 12.5 Å². The Morgan fingerprint density at radius 1 is 1.10 bits per heavy atom. The Morgan fingerprint density at radius 3 is 2.48 bits per heavy atom. The third-order valence-corrected chi connectivity index (χ3v) is 9.07. The minimum Gasteiger partial charge on any atom is -0.498 e. The number of ether oxygens (including phenoxy) is 2. The van der Waals surface area contributed by atoms with Gasteiger partial charge in [0.25, 0.3) is 0 Å². The summed E-state index contributed by atoms with van der Waals surface area (Å²) in [7, 11) is 0. The summed E-state index contributed by atoms with van der Waals surface area (Å²) >= 11 is 0. The van der Waals surface area contributed by atoms with Crippen molar-refractivity contribution in [2.24, 2.45) is 28.6 Å². The van der Waals surface area contributed by atoms with Gasteiger partial charge in [0, 0.05) is 18.8 Å². The van der Waals surface area contributed by atoms with E-state index in [1.807, 2.05) is 6.92 Å². The van der Waals surface area contributed by atoms with Crippen molar-refractivity contribution < 1.29 is 19.1 Å². The number of carbonyl (C=O) groups excluding carboxylic acids is 2. The second-order valence-electron chi connectivity index (χ2n) is 10.2. The van der Waals surface area contributed by atoms with Gasteiger partial charge >= 0.3 is 5.97 Å². The summed E-state index contributed by atoms with van der Waals surface area (Å²) in [6, 6.07) is 0. The molecule has 0 amide bonds. The molecule has 6 atom stereocenters. The molecule has 0 bridgehead atoms. The van der Waals surface area contributed by atoms with Crippen LogP contribution in [0.15, 0.2) is 23.5 Å². The van der Waals surface area contributed by atoms with Crippen molar-refractivity contribution in [3.05, 3.63) is 23.5 Å². The van der Waals surface area contributed by atoms with Crippen LogP contribution in [0.3, 0.4) is 0 Å². The summed E-state index contributed by atoms with van der Waals surface area (Å²) in [5.41, 5.74) is 0.448. The van der Waals surface area contributed by atoms with Gasteiger partial charge in [-0.25, -0.2) is 0 Å². The zero-order valence-corrected chi connectivity index (χ0v) is 18.7. The maximum absolute atomic E-state index is 12.8. The molecule has 0 aliphatic heterocycles. The fraction of sp³-hybridized carbons (Fsp3) is 0.760. The highest BCUT2D eigenvalue weighted by Gasteiger charge is 2.67. The highest BCUT2D eigenvalue weighted by molar-refractivity contribution is 5.89. The molecule has 4 nitrogen and oxygen atoms in total. The topological polar surface area (TPSA) is 52.6 Å². The number of carbonyl (C=O) groups is 2. The molecule has 0 aromatic carbocycles. The van der Waals surface area contributed by atoms with E-state index in [0.717, 1.165) is 50.9 Å². The summed E-state index contributed by atoms with van der Waals surface area (Å²) in [5, 5.41) is 0. The molecular weight excluding hydrogens is 364 g/mol. The predicted molar refractivity (Wildman–Crippen MR) is 112 cm³/mol. The summed E-state index contributed by atoms with van der Waals surface area (Å²) in [5.74, 6) is 2.43. The lowest BCUT2D eigenvalue weighted by Gasteiger charge is -2.58. The summed E-state index contributed by atoms with van der Waals surface area (Å²) < 4.78 is 11.7. The zero-order valence-electron chi connectivity index (χ0n) is 18.7. The first-order valence-corrected chi connectivity index (χ1v) is 11.4. The van der Waals surface area contributed by atoms with E-state index in [-0.39, 0.29) is 22.6 Å². The number of esters is 1. The Bertz CT molecular complexity index is 780. The zero-order chi connectivity index (χ0) is 21.0. The van der Waals surface area contributed by atoms with Crippen molar-refractivity contribution in [3.63, 3.8) is 0 Å². The standard InChI is InChI=1S/C25H36O4/c1-6-28-19-9-12-23(4)18(15-19)7-8-20-21(23)10-13-24(5)22(20)11-14-25(24,16(2)26)29-17(3)27/h7,15,20-22H,6,8-14H2,1-5H3/t20?,21?,22?,23?,24?,25-/m0/s1. The van der Waals surface area contributed by atoms with E-state index in [4.69, 9.17) is 9.47 Å². The molecule has 0 spiro atoms. The molecule has 0 heterocycles. The van der Waals surface area contributed by atoms with Crippen molar-refractivity contribution in [2.75, 3.05) is 6.61 Å². The molecule has 0 aromatic rings. The highest BCUT2D eigenvalue weighted by Crippen LogP contribution is 2.67. The van der Waals surface area contributed by atoms with Crippen LogP contribution in [-0.2, 0) is 19.1 Å². The number of Topliss-reactive ketones (excluding diaryl/α,β-unsaturated/α-hetero) is 1. The van der Waals surface area contributed by atoms with Gasteiger partial charge in [-0.15, -0.1) is 0 Å². The third-order valence-electron chi connectivity index (χ3n) is 9.07. The monoisotopic (exact) mass is 400 g/mol. The minimum absolute atomic E-state index is 0.0244. The van der Waals surface area contributed by atoms with Crippen LogP contribution in [0.25, 0.3) is 0 Å². The van der Waals surface area contributed by atoms with Crippen molar-refractivity contribution >= 4 is 11.8 Å². The van der Waals surface area contributed by atoms with E-state index in [1.54, 1.807) is 6.92 Å². The minimum atomic E-state index is -0.937. The van der Waals surface area contributed by atoms with Crippen LogP contribution < -0.4 is 0 Å². The van der Waals surface area contributed by atoms with Crippen LogP contribution in [0.1, 0.15) is 79.6 Å². The summed E-state index contributed by atoms with van der Waals surface area (Å²) in [6.45, 7) is 10.5. The maximum Gasteiger partial charge on any atom is 0.303 e.